The topological polar surface area (TPSA) is 97.5 Å². The minimum absolute atomic E-state index is 0.0503. The summed E-state index contributed by atoms with van der Waals surface area (Å²) in [6.07, 6.45) is 0.337. The Morgan fingerprint density at radius 3 is 2.57 bits per heavy atom. The fraction of sp³-hybridized carbons (Fsp3) is 0.692. The fourth-order valence-corrected chi connectivity index (χ4v) is 2.32. The molecule has 0 aliphatic carbocycles. The Kier molecular flexibility index (Phi) is 3.89. The van der Waals surface area contributed by atoms with E-state index in [2.05, 4.69) is 10.3 Å². The number of carboxylic acid groups (broad SMARTS) is 1. The van der Waals surface area contributed by atoms with Gasteiger partial charge in [0.15, 0.2) is 5.69 Å². The van der Waals surface area contributed by atoms with E-state index in [-0.39, 0.29) is 17.8 Å². The van der Waals surface area contributed by atoms with Gasteiger partial charge in [0.05, 0.1) is 11.7 Å². The smallest absolute Gasteiger partial charge is 0.410 e. The molecule has 1 amide bonds. The third-order valence-electron chi connectivity index (χ3n) is 3.29. The molecule has 1 N–H and O–H groups in total. The van der Waals surface area contributed by atoms with Crippen LogP contribution in [0.5, 0.6) is 0 Å². The molecule has 1 aromatic rings. The molecule has 1 aromatic heterocycles. The van der Waals surface area contributed by atoms with Gasteiger partial charge in [-0.1, -0.05) is 5.21 Å². The molecule has 1 saturated heterocycles. The molecule has 1 fully saturated rings. The van der Waals surface area contributed by atoms with Gasteiger partial charge in [-0.05, 0) is 34.1 Å². The molecule has 1 aliphatic heterocycles. The third kappa shape index (κ3) is 3.32. The Labute approximate surface area is 122 Å². The monoisotopic (exact) mass is 296 g/mol. The second-order valence-corrected chi connectivity index (χ2v) is 6.14. The van der Waals surface area contributed by atoms with Crippen molar-refractivity contribution in [1.29, 1.82) is 0 Å². The molecular weight excluding hydrogens is 276 g/mol. The van der Waals surface area contributed by atoms with E-state index in [4.69, 9.17) is 9.84 Å². The SMILES string of the molecule is Cc1c(C(=O)O)nnn1C1CCN(C(=O)OC(C)(C)C)C1. The Morgan fingerprint density at radius 1 is 1.38 bits per heavy atom. The molecule has 1 aliphatic rings. The molecule has 8 nitrogen and oxygen atoms in total. The summed E-state index contributed by atoms with van der Waals surface area (Å²) in [5.41, 5.74) is -0.0845. The molecule has 2 rings (SSSR count). The van der Waals surface area contributed by atoms with Crippen LogP contribution in [0, 0.1) is 6.92 Å². The van der Waals surface area contributed by atoms with Gasteiger partial charge in [0, 0.05) is 13.1 Å². The predicted octanol–water partition coefficient (Wildman–Crippen LogP) is 1.47. The van der Waals surface area contributed by atoms with Crippen LogP contribution in [0.3, 0.4) is 0 Å². The minimum atomic E-state index is -1.10. The van der Waals surface area contributed by atoms with Crippen molar-refractivity contribution < 1.29 is 19.4 Å². The molecule has 116 valence electrons. The highest BCUT2D eigenvalue weighted by molar-refractivity contribution is 5.86. The van der Waals surface area contributed by atoms with Gasteiger partial charge in [0.25, 0.3) is 0 Å². The first-order chi connectivity index (χ1) is 9.69. The van der Waals surface area contributed by atoms with E-state index in [1.807, 2.05) is 20.8 Å². The summed E-state index contributed by atoms with van der Waals surface area (Å²) >= 11 is 0. The van der Waals surface area contributed by atoms with Crippen LogP contribution >= 0.6 is 0 Å². The second-order valence-electron chi connectivity index (χ2n) is 6.14. The van der Waals surface area contributed by atoms with E-state index in [1.165, 1.54) is 0 Å². The van der Waals surface area contributed by atoms with Gasteiger partial charge >= 0.3 is 12.1 Å². The number of aromatic carboxylic acids is 1. The maximum absolute atomic E-state index is 12.0. The van der Waals surface area contributed by atoms with Crippen molar-refractivity contribution in [2.75, 3.05) is 13.1 Å². The molecule has 8 heteroatoms. The zero-order valence-corrected chi connectivity index (χ0v) is 12.7. The van der Waals surface area contributed by atoms with E-state index < -0.39 is 11.6 Å². The van der Waals surface area contributed by atoms with Crippen molar-refractivity contribution in [2.45, 2.75) is 45.8 Å². The van der Waals surface area contributed by atoms with Gasteiger partial charge in [0.2, 0.25) is 0 Å². The number of carbonyl (C=O) groups excluding carboxylic acids is 1. The van der Waals surface area contributed by atoms with E-state index in [0.717, 1.165) is 0 Å². The number of likely N-dealkylation sites (tertiary alicyclic amines) is 1. The lowest BCUT2D eigenvalue weighted by Crippen LogP contribution is -2.35. The third-order valence-corrected chi connectivity index (χ3v) is 3.29. The number of hydrogen-bond acceptors (Lipinski definition) is 5. The van der Waals surface area contributed by atoms with E-state index >= 15 is 0 Å². The number of amides is 1. The van der Waals surface area contributed by atoms with Crippen LogP contribution in [-0.4, -0.2) is 55.8 Å². The molecule has 1 unspecified atom stereocenters. The summed E-state index contributed by atoms with van der Waals surface area (Å²) in [5.74, 6) is -1.10. The van der Waals surface area contributed by atoms with Crippen LogP contribution in [-0.2, 0) is 4.74 Å². The maximum Gasteiger partial charge on any atom is 0.410 e. The number of carboxylic acids is 1. The quantitative estimate of drug-likeness (QED) is 0.887. The van der Waals surface area contributed by atoms with Gasteiger partial charge in [0.1, 0.15) is 5.60 Å². The average Bonchev–Trinajstić information content (AvgIpc) is 2.92. The van der Waals surface area contributed by atoms with Crippen LogP contribution in [0.15, 0.2) is 0 Å². The number of nitrogens with zero attached hydrogens (tertiary/aromatic N) is 4. The van der Waals surface area contributed by atoms with Crippen molar-refractivity contribution in [1.82, 2.24) is 19.9 Å². The van der Waals surface area contributed by atoms with Crippen LogP contribution in [0.25, 0.3) is 0 Å². The molecule has 0 radical (unpaired) electrons. The zero-order chi connectivity index (χ0) is 15.8. The lowest BCUT2D eigenvalue weighted by Gasteiger charge is -2.24. The molecule has 0 spiro atoms. The van der Waals surface area contributed by atoms with Crippen LogP contribution < -0.4 is 0 Å². The highest BCUT2D eigenvalue weighted by Gasteiger charge is 2.32. The Bertz CT molecular complexity index is 561. The van der Waals surface area contributed by atoms with E-state index in [9.17, 15) is 9.59 Å². The average molecular weight is 296 g/mol. The normalized spacial score (nSPS) is 18.9. The standard InChI is InChI=1S/C13H20N4O4/c1-8-10(11(18)19)14-15-17(8)9-5-6-16(7-9)12(20)21-13(2,3)4/h9H,5-7H2,1-4H3,(H,18,19). The first-order valence-electron chi connectivity index (χ1n) is 6.82. The second kappa shape index (κ2) is 5.34. The first kappa shape index (κ1) is 15.3. The highest BCUT2D eigenvalue weighted by Crippen LogP contribution is 2.24. The molecule has 21 heavy (non-hydrogen) atoms. The predicted molar refractivity (Wildman–Crippen MR) is 73.2 cm³/mol. The number of aromatic nitrogens is 3. The molecule has 1 atom stereocenters. The molecule has 2 heterocycles. The van der Waals surface area contributed by atoms with E-state index in [1.54, 1.807) is 16.5 Å². The molecular formula is C13H20N4O4. The number of hydrogen-bond donors (Lipinski definition) is 1. The Balaban J connectivity index is 2.06. The van der Waals surface area contributed by atoms with E-state index in [0.29, 0.717) is 25.2 Å². The van der Waals surface area contributed by atoms with Crippen molar-refractivity contribution in [3.63, 3.8) is 0 Å². The lowest BCUT2D eigenvalue weighted by molar-refractivity contribution is 0.0287. The van der Waals surface area contributed by atoms with Crippen molar-refractivity contribution in [3.8, 4) is 0 Å². The summed E-state index contributed by atoms with van der Waals surface area (Å²) in [6.45, 7) is 8.12. The van der Waals surface area contributed by atoms with Crippen LogP contribution in [0.4, 0.5) is 4.79 Å². The summed E-state index contributed by atoms with van der Waals surface area (Å²) in [4.78, 5) is 24.6. The molecule has 0 aromatic carbocycles. The highest BCUT2D eigenvalue weighted by atomic mass is 16.6. The molecule has 0 saturated carbocycles. The minimum Gasteiger partial charge on any atom is -0.476 e. The zero-order valence-electron chi connectivity index (χ0n) is 12.7. The van der Waals surface area contributed by atoms with Gasteiger partial charge in [-0.25, -0.2) is 14.3 Å². The van der Waals surface area contributed by atoms with Gasteiger partial charge in [-0.2, -0.15) is 0 Å². The van der Waals surface area contributed by atoms with Crippen molar-refractivity contribution in [3.05, 3.63) is 11.4 Å². The largest absolute Gasteiger partial charge is 0.476 e. The summed E-state index contributed by atoms with van der Waals surface area (Å²) in [7, 11) is 0. The van der Waals surface area contributed by atoms with Crippen LogP contribution in [0.2, 0.25) is 0 Å². The Morgan fingerprint density at radius 2 is 2.05 bits per heavy atom. The summed E-state index contributed by atoms with van der Waals surface area (Å²) < 4.78 is 6.90. The van der Waals surface area contributed by atoms with Gasteiger partial charge < -0.3 is 14.7 Å². The summed E-state index contributed by atoms with van der Waals surface area (Å²) in [5, 5.41) is 16.6. The first-order valence-corrected chi connectivity index (χ1v) is 6.82. The number of carbonyl (C=O) groups is 2. The van der Waals surface area contributed by atoms with Crippen molar-refractivity contribution >= 4 is 12.1 Å². The number of ether oxygens (including phenoxy) is 1. The number of rotatable bonds is 2. The lowest BCUT2D eigenvalue weighted by atomic mass is 10.2. The van der Waals surface area contributed by atoms with Crippen molar-refractivity contribution in [2.24, 2.45) is 0 Å². The van der Waals surface area contributed by atoms with Crippen LogP contribution in [0.1, 0.15) is 49.4 Å². The summed E-state index contributed by atoms with van der Waals surface area (Å²) in [6, 6.07) is -0.0712. The maximum atomic E-state index is 12.0. The fourth-order valence-electron chi connectivity index (χ4n) is 2.32. The Hall–Kier alpha value is -2.12. The van der Waals surface area contributed by atoms with Gasteiger partial charge in [-0.15, -0.1) is 5.10 Å². The molecule has 0 bridgehead atoms. The van der Waals surface area contributed by atoms with Gasteiger partial charge in [-0.3, -0.25) is 0 Å².